The topological polar surface area (TPSA) is 102 Å². The molecule has 0 fully saturated rings. The molecule has 0 saturated carbocycles. The third-order valence-electron chi connectivity index (χ3n) is 5.77. The zero-order valence-electron chi connectivity index (χ0n) is 20.1. The van der Waals surface area contributed by atoms with Crippen molar-refractivity contribution in [2.24, 2.45) is 5.92 Å². The summed E-state index contributed by atoms with van der Waals surface area (Å²) in [6.07, 6.45) is 5.95. The monoisotopic (exact) mass is 496 g/mol. The molecule has 7 nitrogen and oxygen atoms in total. The molecule has 2 amide bonds. The molecular formula is C27H32N2O5S. The normalized spacial score (nSPS) is 12.9. The largest absolute Gasteiger partial charge is 0.469 e. The fraction of sp³-hybridized carbons (Fsp3) is 0.407. The summed E-state index contributed by atoms with van der Waals surface area (Å²) < 4.78 is 10.8. The van der Waals surface area contributed by atoms with Gasteiger partial charge in [-0.15, -0.1) is 0 Å². The van der Waals surface area contributed by atoms with E-state index in [0.29, 0.717) is 48.6 Å². The van der Waals surface area contributed by atoms with E-state index in [1.165, 1.54) is 6.26 Å². The average molecular weight is 497 g/mol. The lowest BCUT2D eigenvalue weighted by molar-refractivity contribution is -0.129. The maximum atomic E-state index is 13.3. The molecule has 2 aromatic heterocycles. The van der Waals surface area contributed by atoms with Crippen LogP contribution in [0.2, 0.25) is 0 Å². The number of aryl methyl sites for hydroxylation is 1. The zero-order valence-corrected chi connectivity index (χ0v) is 20.9. The number of hydrogen-bond acceptors (Lipinski definition) is 6. The number of rotatable bonds is 14. The van der Waals surface area contributed by atoms with Gasteiger partial charge in [0, 0.05) is 18.2 Å². The van der Waals surface area contributed by atoms with E-state index < -0.39 is 18.0 Å². The number of amides is 2. The van der Waals surface area contributed by atoms with Gasteiger partial charge >= 0.3 is 0 Å². The Bertz CT molecular complexity index is 1140. The summed E-state index contributed by atoms with van der Waals surface area (Å²) in [6, 6.07) is 9.39. The van der Waals surface area contributed by atoms with Gasteiger partial charge < -0.3 is 19.5 Å². The van der Waals surface area contributed by atoms with Crippen LogP contribution in [0.15, 0.2) is 57.8 Å². The van der Waals surface area contributed by atoms with Crippen molar-refractivity contribution in [2.45, 2.75) is 64.5 Å². The van der Waals surface area contributed by atoms with Crippen molar-refractivity contribution in [1.82, 2.24) is 10.6 Å². The fourth-order valence-corrected chi connectivity index (χ4v) is 4.13. The molecule has 35 heavy (non-hydrogen) atoms. The Labute approximate surface area is 210 Å². The fourth-order valence-electron chi connectivity index (χ4n) is 3.96. The molecule has 0 aliphatic heterocycles. The highest BCUT2D eigenvalue weighted by atomic mass is 32.1. The van der Waals surface area contributed by atoms with Crippen molar-refractivity contribution in [2.75, 3.05) is 0 Å². The van der Waals surface area contributed by atoms with E-state index in [1.807, 2.05) is 32.0 Å². The highest BCUT2D eigenvalue weighted by molar-refractivity contribution is 7.78. The van der Waals surface area contributed by atoms with Crippen molar-refractivity contribution < 1.29 is 23.2 Å². The van der Waals surface area contributed by atoms with Crippen molar-refractivity contribution >= 4 is 46.2 Å². The molecular weight excluding hydrogens is 464 g/mol. The molecule has 0 aliphatic carbocycles. The number of carbonyl (C=O) groups excluding carboxylic acids is 3. The quantitative estimate of drug-likeness (QED) is 0.240. The SMILES string of the molecule is CC(C)C[C@H](NC(=O)c1coc2ccccc12)C(=O)N[C@@H](CCCC=S)C(=O)CCc1ccco1. The van der Waals surface area contributed by atoms with Gasteiger partial charge in [0.2, 0.25) is 5.91 Å². The van der Waals surface area contributed by atoms with Gasteiger partial charge in [0.05, 0.1) is 17.9 Å². The van der Waals surface area contributed by atoms with E-state index >= 15 is 0 Å². The van der Waals surface area contributed by atoms with E-state index in [1.54, 1.807) is 29.8 Å². The zero-order chi connectivity index (χ0) is 25.2. The minimum absolute atomic E-state index is 0.0745. The van der Waals surface area contributed by atoms with Crippen molar-refractivity contribution in [3.05, 3.63) is 60.2 Å². The number of benzene rings is 1. The number of carbonyl (C=O) groups is 3. The predicted octanol–water partition coefficient (Wildman–Crippen LogP) is 5.03. The molecule has 3 aromatic rings. The molecule has 0 bridgehead atoms. The van der Waals surface area contributed by atoms with Crippen molar-refractivity contribution in [1.29, 1.82) is 0 Å². The Balaban J connectivity index is 1.70. The minimum atomic E-state index is -0.790. The second-order valence-electron chi connectivity index (χ2n) is 9.01. The van der Waals surface area contributed by atoms with Crippen LogP contribution >= 0.6 is 12.2 Å². The highest BCUT2D eigenvalue weighted by Gasteiger charge is 2.28. The molecule has 0 unspecified atom stereocenters. The van der Waals surface area contributed by atoms with Gasteiger partial charge in [0.15, 0.2) is 5.78 Å². The second kappa shape index (κ2) is 13.0. The standard InChI is InChI=1S/C27H32N2O5S/c1-18(2)16-23(29-26(31)21-17-34-25-11-4-3-9-20(21)25)27(32)28-22(10-5-6-15-35)24(30)13-12-19-8-7-14-33-19/h3-4,7-9,11,14-15,17-18,22-23H,5-6,10,12-13,16H2,1-2H3,(H,28,32)(H,29,31)/t22-,23-/m0/s1. The molecule has 8 heteroatoms. The summed E-state index contributed by atoms with van der Waals surface area (Å²) in [5, 5.41) is 8.05. The second-order valence-corrected chi connectivity index (χ2v) is 9.34. The molecule has 0 spiro atoms. The van der Waals surface area contributed by atoms with Gasteiger partial charge in [-0.25, -0.2) is 0 Å². The third kappa shape index (κ3) is 7.62. The number of fused-ring (bicyclic) bond motifs is 1. The van der Waals surface area contributed by atoms with Gasteiger partial charge in [-0.05, 0) is 55.2 Å². The first-order valence-corrected chi connectivity index (χ1v) is 12.4. The van der Waals surface area contributed by atoms with E-state index in [4.69, 9.17) is 21.1 Å². The molecule has 186 valence electrons. The first kappa shape index (κ1) is 26.3. The molecule has 0 radical (unpaired) electrons. The van der Waals surface area contributed by atoms with Crippen LogP contribution in [0.4, 0.5) is 0 Å². The molecule has 1 aromatic carbocycles. The number of furan rings is 2. The lowest BCUT2D eigenvalue weighted by Crippen LogP contribution is -2.52. The van der Waals surface area contributed by atoms with Crippen LogP contribution in [0.3, 0.4) is 0 Å². The van der Waals surface area contributed by atoms with Crippen LogP contribution in [-0.4, -0.2) is 35.0 Å². The van der Waals surface area contributed by atoms with Crippen LogP contribution in [-0.2, 0) is 16.0 Å². The Hall–Kier alpha value is -3.26. The summed E-state index contributed by atoms with van der Waals surface area (Å²) in [4.78, 5) is 39.3. The predicted molar refractivity (Wildman–Crippen MR) is 138 cm³/mol. The van der Waals surface area contributed by atoms with E-state index in [2.05, 4.69) is 10.6 Å². The van der Waals surface area contributed by atoms with Crippen molar-refractivity contribution in [3.63, 3.8) is 0 Å². The lowest BCUT2D eigenvalue weighted by Gasteiger charge is -2.24. The molecule has 0 saturated heterocycles. The Kier molecular flexibility index (Phi) is 9.78. The lowest BCUT2D eigenvalue weighted by atomic mass is 9.98. The number of ketones is 1. The van der Waals surface area contributed by atoms with Gasteiger partial charge in [-0.2, -0.15) is 0 Å². The van der Waals surface area contributed by atoms with Crippen LogP contribution < -0.4 is 10.6 Å². The Morgan fingerprint density at radius 1 is 1.03 bits per heavy atom. The van der Waals surface area contributed by atoms with Gasteiger partial charge in [-0.1, -0.05) is 44.3 Å². The molecule has 2 heterocycles. The summed E-state index contributed by atoms with van der Waals surface area (Å²) in [7, 11) is 0. The number of hydrogen-bond donors (Lipinski definition) is 2. The highest BCUT2D eigenvalue weighted by Crippen LogP contribution is 2.21. The molecule has 2 atom stereocenters. The maximum absolute atomic E-state index is 13.3. The number of Topliss-reactive ketones (excluding diaryl/α,β-unsaturated/α-hetero) is 1. The van der Waals surface area contributed by atoms with Crippen LogP contribution in [0.25, 0.3) is 11.0 Å². The van der Waals surface area contributed by atoms with Crippen LogP contribution in [0.1, 0.15) is 62.1 Å². The molecule has 2 N–H and O–H groups in total. The van der Waals surface area contributed by atoms with Crippen molar-refractivity contribution in [3.8, 4) is 0 Å². The number of para-hydroxylation sites is 1. The maximum Gasteiger partial charge on any atom is 0.255 e. The van der Waals surface area contributed by atoms with Gasteiger partial charge in [-0.3, -0.25) is 14.4 Å². The Morgan fingerprint density at radius 2 is 1.83 bits per heavy atom. The van der Waals surface area contributed by atoms with Gasteiger partial charge in [0.25, 0.3) is 5.91 Å². The summed E-state index contributed by atoms with van der Waals surface area (Å²) in [5.74, 6) is 0.0277. The smallest absolute Gasteiger partial charge is 0.255 e. The number of nitrogens with one attached hydrogen (secondary N) is 2. The molecule has 3 rings (SSSR count). The number of unbranched alkanes of at least 4 members (excludes halogenated alkanes) is 1. The van der Waals surface area contributed by atoms with E-state index in [9.17, 15) is 14.4 Å². The van der Waals surface area contributed by atoms with E-state index in [-0.39, 0.29) is 24.0 Å². The summed E-state index contributed by atoms with van der Waals surface area (Å²) in [5.41, 5.74) is 0.970. The first-order valence-electron chi connectivity index (χ1n) is 11.9. The third-order valence-corrected chi connectivity index (χ3v) is 6.01. The average Bonchev–Trinajstić information content (AvgIpc) is 3.51. The number of thiocarbonyl (C=S) groups is 1. The van der Waals surface area contributed by atoms with Crippen LogP contribution in [0.5, 0.6) is 0 Å². The summed E-state index contributed by atoms with van der Waals surface area (Å²) >= 11 is 4.91. The minimum Gasteiger partial charge on any atom is -0.469 e. The van der Waals surface area contributed by atoms with E-state index in [0.717, 1.165) is 5.76 Å². The first-order chi connectivity index (χ1) is 16.9. The summed E-state index contributed by atoms with van der Waals surface area (Å²) in [6.45, 7) is 3.95. The molecule has 0 aliphatic rings. The van der Waals surface area contributed by atoms with Crippen LogP contribution in [0, 0.1) is 5.92 Å². The Morgan fingerprint density at radius 3 is 2.54 bits per heavy atom. The van der Waals surface area contributed by atoms with Gasteiger partial charge in [0.1, 0.15) is 23.6 Å².